The highest BCUT2D eigenvalue weighted by Gasteiger charge is 2.36. The Morgan fingerprint density at radius 3 is 2.36 bits per heavy atom. The summed E-state index contributed by atoms with van der Waals surface area (Å²) in [6.45, 7) is 9.73. The van der Waals surface area contributed by atoms with Crippen molar-refractivity contribution in [2.75, 3.05) is 26.2 Å². The Balaban J connectivity index is 2.47. The number of ether oxygens (including phenoxy) is 1. The van der Waals surface area contributed by atoms with Crippen molar-refractivity contribution in [2.45, 2.75) is 59.2 Å². The van der Waals surface area contributed by atoms with E-state index in [-0.39, 0.29) is 30.4 Å². The Hall–Kier alpha value is -1.83. The zero-order valence-corrected chi connectivity index (χ0v) is 16.9. The predicted molar refractivity (Wildman–Crippen MR) is 100 cm³/mol. The molecule has 1 aromatic rings. The molecule has 28 heavy (non-hydrogen) atoms. The van der Waals surface area contributed by atoms with Crippen LogP contribution >= 0.6 is 0 Å². The standard InChI is InChI=1S/C20H29F3N2O3/c1-5-28-18(27)16(12-19(2,3)4)25-13-14(7-10-24-8-6-9-24)15(11-17(25)26)20(21,22)23/h11,13,16H,5-10,12H2,1-4H3. The fourth-order valence-corrected chi connectivity index (χ4v) is 3.30. The molecule has 1 fully saturated rings. The van der Waals surface area contributed by atoms with Gasteiger partial charge in [-0.15, -0.1) is 0 Å². The molecule has 0 aliphatic carbocycles. The van der Waals surface area contributed by atoms with Crippen LogP contribution in [-0.2, 0) is 22.1 Å². The number of carbonyl (C=O) groups is 1. The molecule has 0 amide bonds. The van der Waals surface area contributed by atoms with Gasteiger partial charge in [0.1, 0.15) is 6.04 Å². The summed E-state index contributed by atoms with van der Waals surface area (Å²) in [4.78, 5) is 27.1. The van der Waals surface area contributed by atoms with Gasteiger partial charge in [0, 0.05) is 18.8 Å². The van der Waals surface area contributed by atoms with Gasteiger partial charge in [0.15, 0.2) is 0 Å². The van der Waals surface area contributed by atoms with E-state index in [4.69, 9.17) is 4.74 Å². The summed E-state index contributed by atoms with van der Waals surface area (Å²) in [5.74, 6) is -0.604. The Labute approximate surface area is 163 Å². The van der Waals surface area contributed by atoms with Crippen LogP contribution < -0.4 is 5.56 Å². The maximum Gasteiger partial charge on any atom is 0.416 e. The van der Waals surface area contributed by atoms with E-state index in [1.165, 1.54) is 6.20 Å². The molecule has 8 heteroatoms. The molecule has 158 valence electrons. The van der Waals surface area contributed by atoms with Gasteiger partial charge < -0.3 is 14.2 Å². The molecule has 1 aliphatic heterocycles. The highest BCUT2D eigenvalue weighted by atomic mass is 19.4. The van der Waals surface area contributed by atoms with Gasteiger partial charge in [-0.3, -0.25) is 4.79 Å². The summed E-state index contributed by atoms with van der Waals surface area (Å²) in [5.41, 5.74) is -2.06. The van der Waals surface area contributed by atoms with Gasteiger partial charge in [-0.2, -0.15) is 13.2 Å². The Morgan fingerprint density at radius 1 is 1.25 bits per heavy atom. The second-order valence-corrected chi connectivity index (χ2v) is 8.43. The molecular formula is C20H29F3N2O3. The molecule has 0 spiro atoms. The number of aromatic nitrogens is 1. The number of nitrogens with zero attached hydrogens (tertiary/aromatic N) is 2. The number of likely N-dealkylation sites (tertiary alicyclic amines) is 1. The lowest BCUT2D eigenvalue weighted by atomic mass is 9.87. The first kappa shape index (κ1) is 22.5. The van der Waals surface area contributed by atoms with Gasteiger partial charge in [-0.25, -0.2) is 4.79 Å². The van der Waals surface area contributed by atoms with Crippen molar-refractivity contribution in [1.82, 2.24) is 9.47 Å². The zero-order valence-electron chi connectivity index (χ0n) is 16.9. The van der Waals surface area contributed by atoms with Crippen molar-refractivity contribution in [2.24, 2.45) is 5.41 Å². The molecule has 1 aliphatic rings. The number of pyridine rings is 1. The highest BCUT2D eigenvalue weighted by molar-refractivity contribution is 5.74. The van der Waals surface area contributed by atoms with Crippen molar-refractivity contribution in [1.29, 1.82) is 0 Å². The van der Waals surface area contributed by atoms with Crippen LogP contribution in [0.25, 0.3) is 0 Å². The highest BCUT2D eigenvalue weighted by Crippen LogP contribution is 2.33. The van der Waals surface area contributed by atoms with E-state index in [1.54, 1.807) is 6.92 Å². The molecule has 1 saturated heterocycles. The van der Waals surface area contributed by atoms with E-state index in [9.17, 15) is 22.8 Å². The Morgan fingerprint density at radius 2 is 1.89 bits per heavy atom. The largest absolute Gasteiger partial charge is 0.464 e. The monoisotopic (exact) mass is 402 g/mol. The van der Waals surface area contributed by atoms with Crippen LogP contribution in [0.15, 0.2) is 17.1 Å². The summed E-state index contributed by atoms with van der Waals surface area (Å²) in [5, 5.41) is 0. The summed E-state index contributed by atoms with van der Waals surface area (Å²) in [7, 11) is 0. The Kier molecular flexibility index (Phi) is 6.96. The number of carbonyl (C=O) groups excluding carboxylic acids is 1. The van der Waals surface area contributed by atoms with Gasteiger partial charge in [0.2, 0.25) is 0 Å². The Bertz CT molecular complexity index is 747. The molecule has 0 N–H and O–H groups in total. The molecule has 5 nitrogen and oxygen atoms in total. The quantitative estimate of drug-likeness (QED) is 0.654. The van der Waals surface area contributed by atoms with Crippen molar-refractivity contribution in [3.05, 3.63) is 33.7 Å². The molecule has 1 atom stereocenters. The first-order valence-corrected chi connectivity index (χ1v) is 9.63. The first-order valence-electron chi connectivity index (χ1n) is 9.63. The molecule has 2 heterocycles. The van der Waals surface area contributed by atoms with Crippen molar-refractivity contribution in [3.8, 4) is 0 Å². The molecule has 0 bridgehead atoms. The van der Waals surface area contributed by atoms with Gasteiger partial charge in [0.05, 0.1) is 12.2 Å². The zero-order chi connectivity index (χ0) is 21.1. The average molecular weight is 402 g/mol. The van der Waals surface area contributed by atoms with Crippen LogP contribution in [0.2, 0.25) is 0 Å². The summed E-state index contributed by atoms with van der Waals surface area (Å²) < 4.78 is 46.6. The van der Waals surface area contributed by atoms with E-state index >= 15 is 0 Å². The molecule has 0 saturated carbocycles. The maximum atomic E-state index is 13.5. The minimum Gasteiger partial charge on any atom is -0.464 e. The molecule has 1 aromatic heterocycles. The van der Waals surface area contributed by atoms with Crippen LogP contribution in [-0.4, -0.2) is 41.7 Å². The minimum absolute atomic E-state index is 0.0298. The van der Waals surface area contributed by atoms with Crippen LogP contribution in [0.1, 0.15) is 57.7 Å². The maximum absolute atomic E-state index is 13.5. The third-order valence-electron chi connectivity index (χ3n) is 4.81. The lowest BCUT2D eigenvalue weighted by molar-refractivity contribution is -0.148. The molecule has 1 unspecified atom stereocenters. The fourth-order valence-electron chi connectivity index (χ4n) is 3.30. The third kappa shape index (κ3) is 5.83. The molecule has 0 radical (unpaired) electrons. The fraction of sp³-hybridized carbons (Fsp3) is 0.700. The van der Waals surface area contributed by atoms with E-state index < -0.39 is 29.3 Å². The van der Waals surface area contributed by atoms with Crippen molar-refractivity contribution < 1.29 is 22.7 Å². The lowest BCUT2D eigenvalue weighted by Gasteiger charge is -2.31. The van der Waals surface area contributed by atoms with Gasteiger partial charge in [-0.05, 0) is 50.3 Å². The second-order valence-electron chi connectivity index (χ2n) is 8.43. The SMILES string of the molecule is CCOC(=O)C(CC(C)(C)C)n1cc(CCN2CCC2)c(C(F)(F)F)cc1=O. The van der Waals surface area contributed by atoms with Gasteiger partial charge >= 0.3 is 12.1 Å². The summed E-state index contributed by atoms with van der Waals surface area (Å²) >= 11 is 0. The van der Waals surface area contributed by atoms with E-state index in [0.29, 0.717) is 12.6 Å². The number of rotatable bonds is 7. The van der Waals surface area contributed by atoms with Crippen LogP contribution in [0, 0.1) is 5.41 Å². The third-order valence-corrected chi connectivity index (χ3v) is 4.81. The van der Waals surface area contributed by atoms with Crippen molar-refractivity contribution >= 4 is 5.97 Å². The number of halogens is 3. The van der Waals surface area contributed by atoms with E-state index in [2.05, 4.69) is 4.90 Å². The number of alkyl halides is 3. The van der Waals surface area contributed by atoms with E-state index in [1.807, 2.05) is 20.8 Å². The molecule has 2 rings (SSSR count). The summed E-state index contributed by atoms with van der Waals surface area (Å²) in [6.07, 6.45) is -1.92. The minimum atomic E-state index is -4.62. The number of hydrogen-bond acceptors (Lipinski definition) is 4. The normalized spacial score (nSPS) is 16.5. The first-order chi connectivity index (χ1) is 12.9. The summed E-state index contributed by atoms with van der Waals surface area (Å²) in [6, 6.07) is -0.349. The van der Waals surface area contributed by atoms with Gasteiger partial charge in [0.25, 0.3) is 5.56 Å². The van der Waals surface area contributed by atoms with Gasteiger partial charge in [-0.1, -0.05) is 20.8 Å². The average Bonchev–Trinajstić information content (AvgIpc) is 2.50. The predicted octanol–water partition coefficient (Wildman–Crippen LogP) is 3.66. The van der Waals surface area contributed by atoms with Crippen LogP contribution in [0.4, 0.5) is 13.2 Å². The lowest BCUT2D eigenvalue weighted by Crippen LogP contribution is -2.39. The van der Waals surface area contributed by atoms with Crippen LogP contribution in [0.3, 0.4) is 0 Å². The topological polar surface area (TPSA) is 51.5 Å². The number of esters is 1. The molecule has 0 aromatic carbocycles. The van der Waals surface area contributed by atoms with E-state index in [0.717, 1.165) is 24.1 Å². The smallest absolute Gasteiger partial charge is 0.416 e. The van der Waals surface area contributed by atoms with Crippen LogP contribution in [0.5, 0.6) is 0 Å². The second kappa shape index (κ2) is 8.68. The van der Waals surface area contributed by atoms with Crippen molar-refractivity contribution in [3.63, 3.8) is 0 Å². The molecular weight excluding hydrogens is 373 g/mol. The number of hydrogen-bond donors (Lipinski definition) is 0.